The molecule has 0 aliphatic rings. The number of halogens is 1. The number of carbonyl (C=O) groups is 1. The summed E-state index contributed by atoms with van der Waals surface area (Å²) in [4.78, 5) is 11.4. The lowest BCUT2D eigenvalue weighted by atomic mass is 10.1. The molecule has 0 bridgehead atoms. The lowest BCUT2D eigenvalue weighted by Crippen LogP contribution is -2.29. The van der Waals surface area contributed by atoms with Gasteiger partial charge in [-0.3, -0.25) is 0 Å². The average molecular weight is 321 g/mol. The fourth-order valence-electron chi connectivity index (χ4n) is 1.98. The summed E-state index contributed by atoms with van der Waals surface area (Å²) >= 11 is 6.07. The van der Waals surface area contributed by atoms with Crippen LogP contribution >= 0.6 is 11.6 Å². The summed E-state index contributed by atoms with van der Waals surface area (Å²) in [6.45, 7) is 1.90. The Morgan fingerprint density at radius 1 is 1.18 bits per heavy atom. The van der Waals surface area contributed by atoms with Gasteiger partial charge in [-0.1, -0.05) is 23.7 Å². The van der Waals surface area contributed by atoms with Gasteiger partial charge in [0.05, 0.1) is 7.11 Å². The van der Waals surface area contributed by atoms with Gasteiger partial charge in [-0.15, -0.1) is 0 Å². The van der Waals surface area contributed by atoms with E-state index >= 15 is 0 Å². The van der Waals surface area contributed by atoms with Crippen LogP contribution in [0, 0.1) is 6.92 Å². The van der Waals surface area contributed by atoms with E-state index in [1.54, 1.807) is 37.4 Å². The van der Waals surface area contributed by atoms with Crippen LogP contribution in [-0.2, 0) is 11.2 Å². The SMILES string of the molecule is COc1ccc(OC(Cc2ccc(C)c(Cl)c2)C(=O)O)cc1. The van der Waals surface area contributed by atoms with E-state index in [0.717, 1.165) is 11.1 Å². The third-order valence-electron chi connectivity index (χ3n) is 3.27. The van der Waals surface area contributed by atoms with Crippen LogP contribution in [0.1, 0.15) is 11.1 Å². The molecule has 5 heteroatoms. The highest BCUT2D eigenvalue weighted by molar-refractivity contribution is 6.31. The number of carboxylic acid groups (broad SMARTS) is 1. The minimum absolute atomic E-state index is 0.237. The Balaban J connectivity index is 2.12. The summed E-state index contributed by atoms with van der Waals surface area (Å²) in [5.74, 6) is 0.142. The molecule has 0 saturated carbocycles. The predicted molar refractivity (Wildman–Crippen MR) is 84.9 cm³/mol. The van der Waals surface area contributed by atoms with E-state index in [1.807, 2.05) is 19.1 Å². The summed E-state index contributed by atoms with van der Waals surface area (Å²) in [6, 6.07) is 12.3. The van der Waals surface area contributed by atoms with Gasteiger partial charge in [0.25, 0.3) is 0 Å². The summed E-state index contributed by atoms with van der Waals surface area (Å²) < 4.78 is 10.6. The van der Waals surface area contributed by atoms with E-state index in [9.17, 15) is 9.90 Å². The zero-order chi connectivity index (χ0) is 16.1. The Kier molecular flexibility index (Phi) is 5.28. The molecule has 0 saturated heterocycles. The monoisotopic (exact) mass is 320 g/mol. The number of hydrogen-bond donors (Lipinski definition) is 1. The Morgan fingerprint density at radius 2 is 1.82 bits per heavy atom. The Labute approximate surface area is 134 Å². The number of ether oxygens (including phenoxy) is 2. The van der Waals surface area contributed by atoms with Crippen LogP contribution in [0.5, 0.6) is 11.5 Å². The Hall–Kier alpha value is -2.20. The van der Waals surface area contributed by atoms with Crippen molar-refractivity contribution in [3.8, 4) is 11.5 Å². The van der Waals surface area contributed by atoms with Crippen molar-refractivity contribution in [1.29, 1.82) is 0 Å². The summed E-state index contributed by atoms with van der Waals surface area (Å²) in [5.41, 5.74) is 1.77. The van der Waals surface area contributed by atoms with Crippen molar-refractivity contribution in [3.05, 3.63) is 58.6 Å². The molecule has 1 atom stereocenters. The molecule has 4 nitrogen and oxygen atoms in total. The zero-order valence-electron chi connectivity index (χ0n) is 12.4. The number of rotatable bonds is 6. The minimum atomic E-state index is -1.02. The van der Waals surface area contributed by atoms with Crippen LogP contribution in [0.15, 0.2) is 42.5 Å². The number of aliphatic carboxylic acids is 1. The second-order valence-corrected chi connectivity index (χ2v) is 5.32. The Morgan fingerprint density at radius 3 is 2.36 bits per heavy atom. The predicted octanol–water partition coefficient (Wildman–Crippen LogP) is 3.73. The van der Waals surface area contributed by atoms with Gasteiger partial charge in [0, 0.05) is 11.4 Å². The van der Waals surface area contributed by atoms with Gasteiger partial charge in [0.2, 0.25) is 0 Å². The molecule has 0 spiro atoms. The maximum absolute atomic E-state index is 11.4. The maximum Gasteiger partial charge on any atom is 0.345 e. The van der Waals surface area contributed by atoms with Crippen molar-refractivity contribution in [3.63, 3.8) is 0 Å². The van der Waals surface area contributed by atoms with Gasteiger partial charge >= 0.3 is 5.97 Å². The zero-order valence-corrected chi connectivity index (χ0v) is 13.1. The molecule has 116 valence electrons. The van der Waals surface area contributed by atoms with Crippen molar-refractivity contribution < 1.29 is 19.4 Å². The molecule has 0 amide bonds. The van der Waals surface area contributed by atoms with Crippen LogP contribution in [0.3, 0.4) is 0 Å². The fourth-order valence-corrected chi connectivity index (χ4v) is 2.18. The maximum atomic E-state index is 11.4. The largest absolute Gasteiger partial charge is 0.497 e. The van der Waals surface area contributed by atoms with Crippen molar-refractivity contribution in [1.82, 2.24) is 0 Å². The first-order valence-corrected chi connectivity index (χ1v) is 7.16. The van der Waals surface area contributed by atoms with Crippen molar-refractivity contribution >= 4 is 17.6 Å². The van der Waals surface area contributed by atoms with E-state index in [2.05, 4.69) is 0 Å². The first-order valence-electron chi connectivity index (χ1n) is 6.78. The van der Waals surface area contributed by atoms with Crippen LogP contribution in [-0.4, -0.2) is 24.3 Å². The van der Waals surface area contributed by atoms with Gasteiger partial charge in [-0.2, -0.15) is 0 Å². The quantitative estimate of drug-likeness (QED) is 0.881. The van der Waals surface area contributed by atoms with E-state index in [-0.39, 0.29) is 6.42 Å². The van der Waals surface area contributed by atoms with Crippen LogP contribution in [0.2, 0.25) is 5.02 Å². The van der Waals surface area contributed by atoms with Crippen LogP contribution in [0.4, 0.5) is 0 Å². The first-order chi connectivity index (χ1) is 10.5. The van der Waals surface area contributed by atoms with E-state index in [4.69, 9.17) is 21.1 Å². The van der Waals surface area contributed by atoms with Crippen LogP contribution in [0.25, 0.3) is 0 Å². The topological polar surface area (TPSA) is 55.8 Å². The van der Waals surface area contributed by atoms with Gasteiger partial charge in [0.1, 0.15) is 11.5 Å². The molecule has 2 aromatic rings. The molecule has 1 unspecified atom stereocenters. The molecule has 0 heterocycles. The smallest absolute Gasteiger partial charge is 0.345 e. The minimum Gasteiger partial charge on any atom is -0.497 e. The molecule has 2 rings (SSSR count). The normalized spacial score (nSPS) is 11.8. The fraction of sp³-hybridized carbons (Fsp3) is 0.235. The lowest BCUT2D eigenvalue weighted by Gasteiger charge is -2.16. The summed E-state index contributed by atoms with van der Waals surface area (Å²) in [7, 11) is 1.57. The molecule has 0 radical (unpaired) electrons. The third kappa shape index (κ3) is 4.15. The van der Waals surface area contributed by atoms with Crippen LogP contribution < -0.4 is 9.47 Å². The van der Waals surface area contributed by atoms with Gasteiger partial charge < -0.3 is 14.6 Å². The molecule has 0 aromatic heterocycles. The summed E-state index contributed by atoms with van der Waals surface area (Å²) in [5, 5.41) is 9.95. The number of methoxy groups -OCH3 is 1. The number of carboxylic acids is 1. The molecular weight excluding hydrogens is 304 g/mol. The molecule has 0 aliphatic heterocycles. The highest BCUT2D eigenvalue weighted by Crippen LogP contribution is 2.21. The highest BCUT2D eigenvalue weighted by atomic mass is 35.5. The van der Waals surface area contributed by atoms with E-state index in [1.165, 1.54) is 0 Å². The molecule has 0 aliphatic carbocycles. The average Bonchev–Trinajstić information content (AvgIpc) is 2.51. The molecule has 0 fully saturated rings. The summed E-state index contributed by atoms with van der Waals surface area (Å²) in [6.07, 6.45) is -0.742. The lowest BCUT2D eigenvalue weighted by molar-refractivity contribution is -0.145. The van der Waals surface area contributed by atoms with E-state index in [0.29, 0.717) is 16.5 Å². The van der Waals surface area contributed by atoms with Gasteiger partial charge in [-0.25, -0.2) is 4.79 Å². The van der Waals surface area contributed by atoms with Crippen molar-refractivity contribution in [2.24, 2.45) is 0 Å². The highest BCUT2D eigenvalue weighted by Gasteiger charge is 2.20. The standard InChI is InChI=1S/C17H17ClO4/c1-11-3-4-12(9-15(11)18)10-16(17(19)20)22-14-7-5-13(21-2)6-8-14/h3-9,16H,10H2,1-2H3,(H,19,20). The number of hydrogen-bond acceptors (Lipinski definition) is 3. The Bertz CT molecular complexity index is 652. The van der Waals surface area contributed by atoms with Crippen molar-refractivity contribution in [2.45, 2.75) is 19.4 Å². The third-order valence-corrected chi connectivity index (χ3v) is 3.68. The number of benzene rings is 2. The van der Waals surface area contributed by atoms with E-state index < -0.39 is 12.1 Å². The first kappa shape index (κ1) is 16.2. The molecule has 2 aromatic carbocycles. The second-order valence-electron chi connectivity index (χ2n) is 4.91. The molecule has 1 N–H and O–H groups in total. The molecule has 22 heavy (non-hydrogen) atoms. The number of aryl methyl sites for hydroxylation is 1. The van der Waals surface area contributed by atoms with Gasteiger partial charge in [0.15, 0.2) is 6.10 Å². The molecular formula is C17H17ClO4. The van der Waals surface area contributed by atoms with Crippen molar-refractivity contribution in [2.75, 3.05) is 7.11 Å². The van der Waals surface area contributed by atoms with Gasteiger partial charge in [-0.05, 0) is 48.4 Å². The second kappa shape index (κ2) is 7.18.